The lowest BCUT2D eigenvalue weighted by Crippen LogP contribution is -2.31. The van der Waals surface area contributed by atoms with Crippen molar-refractivity contribution in [3.8, 4) is 0 Å². The van der Waals surface area contributed by atoms with E-state index in [0.29, 0.717) is 6.54 Å². The van der Waals surface area contributed by atoms with Crippen LogP contribution in [0.3, 0.4) is 0 Å². The third-order valence-corrected chi connectivity index (χ3v) is 1.55. The summed E-state index contributed by atoms with van der Waals surface area (Å²) in [4.78, 5) is 11.2. The number of nitrogens with one attached hydrogen (secondary N) is 1. The number of hydrogen-bond acceptors (Lipinski definition) is 2. The van der Waals surface area contributed by atoms with Crippen LogP contribution in [0.15, 0.2) is 37.2 Å². The van der Waals surface area contributed by atoms with E-state index in [9.17, 15) is 0 Å². The van der Waals surface area contributed by atoms with Gasteiger partial charge in [-0.05, 0) is 6.07 Å². The summed E-state index contributed by atoms with van der Waals surface area (Å²) in [6, 6.07) is 1.81. The first-order valence-electron chi connectivity index (χ1n) is 3.73. The van der Waals surface area contributed by atoms with E-state index in [2.05, 4.69) is 15.0 Å². The van der Waals surface area contributed by atoms with Crippen molar-refractivity contribution >= 4 is 0 Å². The van der Waals surface area contributed by atoms with Crippen LogP contribution in [-0.4, -0.2) is 15.0 Å². The van der Waals surface area contributed by atoms with Gasteiger partial charge in [-0.2, -0.15) is 0 Å². The Kier molecular flexibility index (Phi) is 1.82. The number of hydrogen-bond donors (Lipinski definition) is 1. The van der Waals surface area contributed by atoms with E-state index < -0.39 is 0 Å². The van der Waals surface area contributed by atoms with E-state index in [1.54, 1.807) is 12.4 Å². The Hall–Kier alpha value is -1.71. The Labute approximate surface area is 69.9 Å². The summed E-state index contributed by atoms with van der Waals surface area (Å²) >= 11 is 0. The lowest BCUT2D eigenvalue weighted by Gasteiger charge is -1.93. The molecule has 4 nitrogen and oxygen atoms in total. The second kappa shape index (κ2) is 3.13. The van der Waals surface area contributed by atoms with Crippen LogP contribution in [0.5, 0.6) is 0 Å². The second-order valence-electron chi connectivity index (χ2n) is 2.45. The van der Waals surface area contributed by atoms with E-state index in [1.165, 1.54) is 0 Å². The Morgan fingerprint density at radius 3 is 2.83 bits per heavy atom. The molecule has 0 fully saturated rings. The molecule has 60 valence electrons. The smallest absolute Gasteiger partial charge is 0.241 e. The number of imidazole rings is 1. The van der Waals surface area contributed by atoms with Crippen molar-refractivity contribution in [2.75, 3.05) is 0 Å². The summed E-state index contributed by atoms with van der Waals surface area (Å²) in [5.74, 6) is 0.821. The first-order valence-corrected chi connectivity index (χ1v) is 3.73. The summed E-state index contributed by atoms with van der Waals surface area (Å²) in [6.07, 6.45) is 9.17. The molecule has 2 heterocycles. The van der Waals surface area contributed by atoms with Crippen LogP contribution in [0.1, 0.15) is 5.82 Å². The van der Waals surface area contributed by atoms with Crippen LogP contribution in [0.25, 0.3) is 0 Å². The molecule has 0 amide bonds. The lowest BCUT2D eigenvalue weighted by atomic mass is 10.5. The van der Waals surface area contributed by atoms with Gasteiger partial charge < -0.3 is 0 Å². The van der Waals surface area contributed by atoms with Crippen LogP contribution in [0, 0.1) is 0 Å². The molecule has 0 radical (unpaired) electrons. The fraction of sp³-hybridized carbons (Fsp3) is 0.125. The topological polar surface area (TPSA) is 45.5 Å². The molecule has 0 saturated heterocycles. The van der Waals surface area contributed by atoms with Gasteiger partial charge in [0.05, 0.1) is 0 Å². The molecule has 0 aliphatic carbocycles. The van der Waals surface area contributed by atoms with Crippen molar-refractivity contribution in [3.05, 3.63) is 43.0 Å². The molecular formula is C8H9N4+. The lowest BCUT2D eigenvalue weighted by molar-refractivity contribution is -0.688. The Bertz CT molecular complexity index is 327. The van der Waals surface area contributed by atoms with Gasteiger partial charge in [0.15, 0.2) is 5.82 Å². The molecule has 2 rings (SSSR count). The van der Waals surface area contributed by atoms with Crippen molar-refractivity contribution < 1.29 is 4.57 Å². The van der Waals surface area contributed by atoms with Crippen molar-refractivity contribution in [2.45, 2.75) is 6.54 Å². The Balaban J connectivity index is 2.15. The molecule has 0 spiro atoms. The number of H-pyrrole nitrogens is 1. The first-order chi connectivity index (χ1) is 5.95. The van der Waals surface area contributed by atoms with E-state index in [-0.39, 0.29) is 0 Å². The molecule has 0 aliphatic rings. The van der Waals surface area contributed by atoms with Crippen molar-refractivity contribution in [1.29, 1.82) is 0 Å². The van der Waals surface area contributed by atoms with Gasteiger partial charge >= 0.3 is 0 Å². The first kappa shape index (κ1) is 6.97. The minimum absolute atomic E-state index is 0.713. The number of nitrogens with zero attached hydrogens (tertiary/aromatic N) is 3. The molecule has 2 aromatic rings. The van der Waals surface area contributed by atoms with Crippen LogP contribution < -0.4 is 4.57 Å². The van der Waals surface area contributed by atoms with E-state index in [0.717, 1.165) is 5.82 Å². The maximum absolute atomic E-state index is 4.11. The zero-order chi connectivity index (χ0) is 8.23. The predicted molar refractivity (Wildman–Crippen MR) is 42.1 cm³/mol. The van der Waals surface area contributed by atoms with Gasteiger partial charge in [0, 0.05) is 12.4 Å². The highest BCUT2D eigenvalue weighted by Crippen LogP contribution is 1.85. The maximum atomic E-state index is 4.11. The molecule has 0 bridgehead atoms. The van der Waals surface area contributed by atoms with E-state index in [4.69, 9.17) is 0 Å². The van der Waals surface area contributed by atoms with Gasteiger partial charge in [-0.25, -0.2) is 14.5 Å². The van der Waals surface area contributed by atoms with Crippen molar-refractivity contribution in [1.82, 2.24) is 15.0 Å². The highest BCUT2D eigenvalue weighted by molar-refractivity contribution is 4.86. The molecule has 1 N–H and O–H groups in total. The Morgan fingerprint density at radius 2 is 2.17 bits per heavy atom. The van der Waals surface area contributed by atoms with Gasteiger partial charge in [-0.15, -0.1) is 0 Å². The third-order valence-electron chi connectivity index (χ3n) is 1.55. The van der Waals surface area contributed by atoms with Crippen molar-refractivity contribution in [2.24, 2.45) is 0 Å². The van der Waals surface area contributed by atoms with E-state index in [1.807, 2.05) is 29.4 Å². The normalized spacial score (nSPS) is 10.0. The minimum Gasteiger partial charge on any atom is -0.250 e. The second-order valence-corrected chi connectivity index (χ2v) is 2.45. The average Bonchev–Trinajstić information content (AvgIpc) is 2.59. The van der Waals surface area contributed by atoms with Crippen LogP contribution in [0.4, 0.5) is 0 Å². The van der Waals surface area contributed by atoms with Crippen LogP contribution >= 0.6 is 0 Å². The SMILES string of the molecule is c1cnc(C[n+]2cc[nH]c2)nc1. The zero-order valence-electron chi connectivity index (χ0n) is 6.51. The molecule has 0 aromatic carbocycles. The number of rotatable bonds is 2. The third kappa shape index (κ3) is 1.47. The molecule has 4 heteroatoms. The predicted octanol–water partition coefficient (Wildman–Crippen LogP) is 0.140. The number of aromatic amines is 1. The molecule has 0 aliphatic heterocycles. The van der Waals surface area contributed by atoms with Gasteiger partial charge in [0.25, 0.3) is 0 Å². The average molecular weight is 161 g/mol. The van der Waals surface area contributed by atoms with Gasteiger partial charge in [0.1, 0.15) is 18.9 Å². The molecule has 12 heavy (non-hydrogen) atoms. The van der Waals surface area contributed by atoms with Gasteiger partial charge in [-0.3, -0.25) is 4.98 Å². The molecule has 0 atom stereocenters. The molecule has 0 unspecified atom stereocenters. The van der Waals surface area contributed by atoms with Crippen LogP contribution in [-0.2, 0) is 6.54 Å². The quantitative estimate of drug-likeness (QED) is 0.637. The maximum Gasteiger partial charge on any atom is 0.241 e. The fourth-order valence-corrected chi connectivity index (χ4v) is 0.994. The van der Waals surface area contributed by atoms with Gasteiger partial charge in [-0.1, -0.05) is 0 Å². The van der Waals surface area contributed by atoms with Crippen molar-refractivity contribution in [3.63, 3.8) is 0 Å². The minimum atomic E-state index is 0.713. The highest BCUT2D eigenvalue weighted by atomic mass is 15.0. The molecule has 0 saturated carbocycles. The monoisotopic (exact) mass is 161 g/mol. The summed E-state index contributed by atoms with van der Waals surface area (Å²) < 4.78 is 1.98. The van der Waals surface area contributed by atoms with E-state index >= 15 is 0 Å². The zero-order valence-corrected chi connectivity index (χ0v) is 6.51. The summed E-state index contributed by atoms with van der Waals surface area (Å²) in [6.45, 7) is 0.713. The molecular weight excluding hydrogens is 152 g/mol. The summed E-state index contributed by atoms with van der Waals surface area (Å²) in [5, 5.41) is 0. The standard InChI is InChI=1S/C8H8N4/c1-2-10-8(11-3-1)6-12-5-4-9-7-12/h1-5,7H,6H2/p+1. The highest BCUT2D eigenvalue weighted by Gasteiger charge is 1.99. The van der Waals surface area contributed by atoms with Gasteiger partial charge in [0.2, 0.25) is 6.33 Å². The number of aromatic nitrogens is 4. The van der Waals surface area contributed by atoms with Crippen LogP contribution in [0.2, 0.25) is 0 Å². The summed E-state index contributed by atoms with van der Waals surface area (Å²) in [7, 11) is 0. The largest absolute Gasteiger partial charge is 0.250 e. The fourth-order valence-electron chi connectivity index (χ4n) is 0.994. The molecule has 2 aromatic heterocycles. The summed E-state index contributed by atoms with van der Waals surface area (Å²) in [5.41, 5.74) is 0. The Morgan fingerprint density at radius 1 is 1.33 bits per heavy atom.